The topological polar surface area (TPSA) is 45.6 Å². The highest BCUT2D eigenvalue weighted by Crippen LogP contribution is 2.00. The smallest absolute Gasteiger partial charge is 0.0900 e. The fourth-order valence-corrected chi connectivity index (χ4v) is 1.55. The van der Waals surface area contributed by atoms with Gasteiger partial charge in [-0.25, -0.2) is 0 Å². The summed E-state index contributed by atoms with van der Waals surface area (Å²) in [7, 11) is 1.97. The highest BCUT2D eigenvalue weighted by Gasteiger charge is 2.09. The maximum Gasteiger partial charge on any atom is 0.0900 e. The molecule has 1 rings (SSSR count). The van der Waals surface area contributed by atoms with E-state index < -0.39 is 6.10 Å². The van der Waals surface area contributed by atoms with E-state index in [1.54, 1.807) is 6.20 Å². The monoisotopic (exact) mass is 238 g/mol. The molecule has 0 spiro atoms. The summed E-state index contributed by atoms with van der Waals surface area (Å²) in [6.07, 6.45) is 1.48. The van der Waals surface area contributed by atoms with Crippen LogP contribution in [-0.2, 0) is 11.3 Å². The largest absolute Gasteiger partial charge is 0.389 e. The van der Waals surface area contributed by atoms with E-state index in [1.165, 1.54) is 0 Å². The molecule has 1 heterocycles. The number of hydrogen-bond acceptors (Lipinski definition) is 4. The Morgan fingerprint density at radius 1 is 1.41 bits per heavy atom. The van der Waals surface area contributed by atoms with Crippen molar-refractivity contribution >= 4 is 0 Å². The van der Waals surface area contributed by atoms with Crippen LogP contribution in [0.4, 0.5) is 0 Å². The zero-order valence-corrected chi connectivity index (χ0v) is 10.8. The lowest BCUT2D eigenvalue weighted by molar-refractivity contribution is -0.00645. The summed E-state index contributed by atoms with van der Waals surface area (Å²) in [4.78, 5) is 6.28. The number of aromatic nitrogens is 1. The normalized spacial score (nSPS) is 13.3. The van der Waals surface area contributed by atoms with E-state index in [9.17, 15) is 5.11 Å². The Morgan fingerprint density at radius 3 is 2.76 bits per heavy atom. The van der Waals surface area contributed by atoms with Crippen LogP contribution in [0, 0.1) is 0 Å². The first kappa shape index (κ1) is 14.1. The number of ether oxygens (including phenoxy) is 1. The minimum atomic E-state index is -0.453. The predicted octanol–water partition coefficient (Wildman–Crippen LogP) is 1.30. The molecule has 0 aliphatic rings. The van der Waals surface area contributed by atoms with E-state index in [0.717, 1.165) is 12.2 Å². The molecule has 0 aromatic carbocycles. The third-order valence-corrected chi connectivity index (χ3v) is 2.30. The second kappa shape index (κ2) is 7.37. The van der Waals surface area contributed by atoms with Gasteiger partial charge in [0.1, 0.15) is 0 Å². The van der Waals surface area contributed by atoms with Gasteiger partial charge in [0.25, 0.3) is 0 Å². The van der Waals surface area contributed by atoms with E-state index in [0.29, 0.717) is 13.2 Å². The molecule has 1 N–H and O–H groups in total. The first-order chi connectivity index (χ1) is 8.08. The molecule has 96 valence electrons. The van der Waals surface area contributed by atoms with Gasteiger partial charge in [-0.05, 0) is 33.0 Å². The van der Waals surface area contributed by atoms with Crippen LogP contribution < -0.4 is 0 Å². The van der Waals surface area contributed by atoms with Gasteiger partial charge in [-0.2, -0.15) is 0 Å². The molecule has 1 aromatic rings. The molecule has 1 unspecified atom stereocenters. The molecule has 4 heteroatoms. The Morgan fingerprint density at radius 2 is 2.18 bits per heavy atom. The maximum absolute atomic E-state index is 9.76. The van der Waals surface area contributed by atoms with Gasteiger partial charge in [-0.3, -0.25) is 9.88 Å². The van der Waals surface area contributed by atoms with Gasteiger partial charge < -0.3 is 9.84 Å². The summed E-state index contributed by atoms with van der Waals surface area (Å²) in [5.74, 6) is 0. The van der Waals surface area contributed by atoms with Crippen LogP contribution in [0.1, 0.15) is 19.5 Å². The summed E-state index contributed by atoms with van der Waals surface area (Å²) >= 11 is 0. The van der Waals surface area contributed by atoms with Crippen molar-refractivity contribution in [2.24, 2.45) is 0 Å². The molecular formula is C13H22N2O2. The predicted molar refractivity (Wildman–Crippen MR) is 67.7 cm³/mol. The van der Waals surface area contributed by atoms with Gasteiger partial charge in [0.05, 0.1) is 24.5 Å². The van der Waals surface area contributed by atoms with Gasteiger partial charge in [-0.15, -0.1) is 0 Å². The van der Waals surface area contributed by atoms with Gasteiger partial charge in [0, 0.05) is 19.3 Å². The van der Waals surface area contributed by atoms with E-state index in [4.69, 9.17) is 4.74 Å². The highest BCUT2D eigenvalue weighted by molar-refractivity contribution is 5.03. The lowest BCUT2D eigenvalue weighted by Gasteiger charge is -2.20. The Hall–Kier alpha value is -0.970. The number of likely N-dealkylation sites (N-methyl/N-ethyl adjacent to an activating group) is 1. The highest BCUT2D eigenvalue weighted by atomic mass is 16.5. The molecule has 0 amide bonds. The summed E-state index contributed by atoms with van der Waals surface area (Å²) < 4.78 is 5.36. The molecule has 0 aliphatic heterocycles. The maximum atomic E-state index is 9.76. The molecule has 0 fully saturated rings. The van der Waals surface area contributed by atoms with Gasteiger partial charge in [-0.1, -0.05) is 6.07 Å². The van der Waals surface area contributed by atoms with Crippen molar-refractivity contribution in [2.45, 2.75) is 32.6 Å². The zero-order chi connectivity index (χ0) is 12.7. The van der Waals surface area contributed by atoms with Gasteiger partial charge >= 0.3 is 0 Å². The number of aliphatic hydroxyl groups is 1. The molecule has 0 bridgehead atoms. The Kier molecular flexibility index (Phi) is 6.11. The van der Waals surface area contributed by atoms with Crippen molar-refractivity contribution in [2.75, 3.05) is 20.2 Å². The first-order valence-electron chi connectivity index (χ1n) is 5.96. The third-order valence-electron chi connectivity index (χ3n) is 2.30. The van der Waals surface area contributed by atoms with Crippen molar-refractivity contribution in [3.8, 4) is 0 Å². The summed E-state index contributed by atoms with van der Waals surface area (Å²) in [6, 6.07) is 5.84. The number of nitrogens with zero attached hydrogens (tertiary/aromatic N) is 2. The van der Waals surface area contributed by atoms with Crippen molar-refractivity contribution < 1.29 is 9.84 Å². The second-order valence-electron chi connectivity index (χ2n) is 4.55. The Labute approximate surface area is 103 Å². The van der Waals surface area contributed by atoms with Crippen LogP contribution in [0.25, 0.3) is 0 Å². The molecule has 0 aliphatic carbocycles. The minimum Gasteiger partial charge on any atom is -0.389 e. The molecule has 1 aromatic heterocycles. The number of pyridine rings is 1. The third kappa shape index (κ3) is 6.36. The van der Waals surface area contributed by atoms with Crippen molar-refractivity contribution in [1.82, 2.24) is 9.88 Å². The number of rotatable bonds is 7. The van der Waals surface area contributed by atoms with Crippen LogP contribution in [0.2, 0.25) is 0 Å². The van der Waals surface area contributed by atoms with Gasteiger partial charge in [0.2, 0.25) is 0 Å². The SMILES string of the molecule is CC(C)OCC(O)CN(C)Cc1ccccn1. The van der Waals surface area contributed by atoms with Crippen molar-refractivity contribution in [3.63, 3.8) is 0 Å². The Balaban J connectivity index is 2.27. The van der Waals surface area contributed by atoms with Crippen LogP contribution >= 0.6 is 0 Å². The van der Waals surface area contributed by atoms with E-state index in [1.807, 2.05) is 44.0 Å². The fourth-order valence-electron chi connectivity index (χ4n) is 1.55. The lowest BCUT2D eigenvalue weighted by atomic mass is 10.3. The second-order valence-corrected chi connectivity index (χ2v) is 4.55. The van der Waals surface area contributed by atoms with E-state index >= 15 is 0 Å². The van der Waals surface area contributed by atoms with Crippen LogP contribution in [0.15, 0.2) is 24.4 Å². The van der Waals surface area contributed by atoms with Gasteiger partial charge in [0.15, 0.2) is 0 Å². The number of hydrogen-bond donors (Lipinski definition) is 1. The molecule has 4 nitrogen and oxygen atoms in total. The van der Waals surface area contributed by atoms with Crippen LogP contribution in [0.3, 0.4) is 0 Å². The van der Waals surface area contributed by atoms with E-state index in [2.05, 4.69) is 4.98 Å². The minimum absolute atomic E-state index is 0.158. The molecule has 0 radical (unpaired) electrons. The summed E-state index contributed by atoms with van der Waals surface area (Å²) in [5.41, 5.74) is 1.01. The van der Waals surface area contributed by atoms with Crippen molar-refractivity contribution in [1.29, 1.82) is 0 Å². The molecule has 0 saturated carbocycles. The Bertz CT molecular complexity index is 304. The first-order valence-corrected chi connectivity index (χ1v) is 5.96. The quantitative estimate of drug-likeness (QED) is 0.777. The summed E-state index contributed by atoms with van der Waals surface area (Å²) in [6.45, 7) is 5.63. The van der Waals surface area contributed by atoms with Crippen LogP contribution in [-0.4, -0.2) is 47.4 Å². The summed E-state index contributed by atoms with van der Waals surface area (Å²) in [5, 5.41) is 9.76. The molecular weight excluding hydrogens is 216 g/mol. The van der Waals surface area contributed by atoms with E-state index in [-0.39, 0.29) is 6.10 Å². The lowest BCUT2D eigenvalue weighted by Crippen LogP contribution is -2.32. The average molecular weight is 238 g/mol. The molecule has 1 atom stereocenters. The van der Waals surface area contributed by atoms with Crippen LogP contribution in [0.5, 0.6) is 0 Å². The number of aliphatic hydroxyl groups excluding tert-OH is 1. The average Bonchev–Trinajstić information content (AvgIpc) is 2.27. The molecule has 17 heavy (non-hydrogen) atoms. The zero-order valence-electron chi connectivity index (χ0n) is 10.8. The standard InChI is InChI=1S/C13H22N2O2/c1-11(2)17-10-13(16)9-15(3)8-12-6-4-5-7-14-12/h4-7,11,13,16H,8-10H2,1-3H3. The molecule has 0 saturated heterocycles. The van der Waals surface area contributed by atoms with Crippen molar-refractivity contribution in [3.05, 3.63) is 30.1 Å². The fraction of sp³-hybridized carbons (Fsp3) is 0.615.